The van der Waals surface area contributed by atoms with Crippen molar-refractivity contribution < 1.29 is 30.9 Å². The van der Waals surface area contributed by atoms with Crippen molar-refractivity contribution in [3.63, 3.8) is 0 Å². The fourth-order valence-electron chi connectivity index (χ4n) is 2.99. The topological polar surface area (TPSA) is 189 Å². The Hall–Kier alpha value is -4.11. The van der Waals surface area contributed by atoms with Crippen LogP contribution in [0.4, 0.5) is 22.7 Å². The molecule has 186 valence electrons. The summed E-state index contributed by atoms with van der Waals surface area (Å²) in [5.74, 6) is 0. The number of azo groups is 1. The summed E-state index contributed by atoms with van der Waals surface area (Å²) in [5, 5.41) is 18.9. The van der Waals surface area contributed by atoms with E-state index in [9.17, 15) is 36.1 Å². The van der Waals surface area contributed by atoms with Crippen molar-refractivity contribution in [3.8, 4) is 0 Å². The second-order valence-corrected chi connectivity index (χ2v) is 9.87. The Bertz CT molecular complexity index is 1610. The Labute approximate surface area is 206 Å². The van der Waals surface area contributed by atoms with E-state index in [4.69, 9.17) is 0 Å². The summed E-state index contributed by atoms with van der Waals surface area (Å²) in [6, 6.07) is 13.3. The van der Waals surface area contributed by atoms with E-state index in [1.165, 1.54) is 12.1 Å². The number of rotatable bonds is 8. The van der Waals surface area contributed by atoms with Gasteiger partial charge in [0, 0.05) is 18.3 Å². The van der Waals surface area contributed by atoms with Gasteiger partial charge >= 0.3 is 0 Å². The van der Waals surface area contributed by atoms with E-state index in [0.717, 1.165) is 30.4 Å². The highest BCUT2D eigenvalue weighted by molar-refractivity contribution is 7.86. The third-order valence-electron chi connectivity index (χ3n) is 4.61. The lowest BCUT2D eigenvalue weighted by molar-refractivity contribution is -0.385. The van der Waals surface area contributed by atoms with Crippen molar-refractivity contribution in [1.82, 2.24) is 0 Å². The second-order valence-electron chi connectivity index (χ2n) is 7.09. The lowest BCUT2D eigenvalue weighted by atomic mass is 10.1. The second kappa shape index (κ2) is 10.7. The van der Waals surface area contributed by atoms with Gasteiger partial charge in [-0.1, -0.05) is 18.2 Å². The number of hydrogen-bond acceptors (Lipinski definition) is 9. The summed E-state index contributed by atoms with van der Waals surface area (Å²) in [7, 11) is -9.57. The first kappa shape index (κ1) is 26.5. The van der Waals surface area contributed by atoms with E-state index >= 15 is 0 Å². The monoisotopic (exact) mass is 530 g/mol. The summed E-state index contributed by atoms with van der Waals surface area (Å²) < 4.78 is 66.4. The van der Waals surface area contributed by atoms with Gasteiger partial charge in [-0.3, -0.25) is 24.2 Å². The number of nitro benzene ring substituents is 1. The molecule has 0 atom stereocenters. The SMILES string of the molecule is CC=Nc1ccc(N=Nc2ccc(C=Cc3ccc([N+](=O)[O-])cc3S(=O)(=O)O)c(S(=O)(=O)O)c2)cc1. The van der Waals surface area contributed by atoms with Crippen LogP contribution in [-0.4, -0.2) is 37.1 Å². The molecule has 0 amide bonds. The summed E-state index contributed by atoms with van der Waals surface area (Å²) >= 11 is 0. The first-order chi connectivity index (χ1) is 16.9. The van der Waals surface area contributed by atoms with E-state index in [1.807, 2.05) is 0 Å². The highest BCUT2D eigenvalue weighted by atomic mass is 32.2. The van der Waals surface area contributed by atoms with Gasteiger partial charge < -0.3 is 0 Å². The number of non-ortho nitro benzene ring substituents is 1. The molecule has 3 rings (SSSR count). The van der Waals surface area contributed by atoms with Crippen molar-refractivity contribution in [2.45, 2.75) is 16.7 Å². The van der Waals surface area contributed by atoms with E-state index < -0.39 is 40.6 Å². The van der Waals surface area contributed by atoms with Gasteiger partial charge in [-0.15, -0.1) is 0 Å². The van der Waals surface area contributed by atoms with Crippen molar-refractivity contribution in [2.24, 2.45) is 15.2 Å². The van der Waals surface area contributed by atoms with Gasteiger partial charge in [0.2, 0.25) is 0 Å². The molecule has 0 saturated heterocycles. The molecule has 36 heavy (non-hydrogen) atoms. The number of hydrogen-bond donors (Lipinski definition) is 2. The smallest absolute Gasteiger partial charge is 0.282 e. The van der Waals surface area contributed by atoms with E-state index in [1.54, 1.807) is 37.4 Å². The minimum Gasteiger partial charge on any atom is -0.282 e. The van der Waals surface area contributed by atoms with Crippen LogP contribution in [0, 0.1) is 10.1 Å². The van der Waals surface area contributed by atoms with Crippen molar-refractivity contribution in [3.05, 3.63) is 81.9 Å². The van der Waals surface area contributed by atoms with Gasteiger partial charge in [0.1, 0.15) is 9.79 Å². The zero-order chi connectivity index (χ0) is 26.5. The molecule has 0 saturated carbocycles. The Morgan fingerprint density at radius 2 is 1.22 bits per heavy atom. The quantitative estimate of drug-likeness (QED) is 0.0966. The highest BCUT2D eigenvalue weighted by Crippen LogP contribution is 2.28. The fraction of sp³-hybridized carbons (Fsp3) is 0.0455. The average Bonchev–Trinajstić information content (AvgIpc) is 2.81. The number of aliphatic imine (C=N–C) groups is 1. The van der Waals surface area contributed by atoms with Gasteiger partial charge in [0.25, 0.3) is 25.9 Å². The van der Waals surface area contributed by atoms with E-state index in [2.05, 4.69) is 15.2 Å². The zero-order valence-electron chi connectivity index (χ0n) is 18.5. The lowest BCUT2D eigenvalue weighted by Crippen LogP contribution is -2.02. The molecule has 0 aliphatic rings. The Morgan fingerprint density at radius 1 is 0.750 bits per heavy atom. The molecule has 0 unspecified atom stereocenters. The number of benzene rings is 3. The zero-order valence-corrected chi connectivity index (χ0v) is 20.1. The summed E-state index contributed by atoms with van der Waals surface area (Å²) in [6.07, 6.45) is 3.92. The van der Waals surface area contributed by atoms with Crippen LogP contribution in [0.5, 0.6) is 0 Å². The minimum absolute atomic E-state index is 0.0436. The predicted molar refractivity (Wildman–Crippen MR) is 133 cm³/mol. The number of nitrogens with zero attached hydrogens (tertiary/aromatic N) is 4. The van der Waals surface area contributed by atoms with Crippen LogP contribution in [0.15, 0.2) is 85.7 Å². The highest BCUT2D eigenvalue weighted by Gasteiger charge is 2.20. The van der Waals surface area contributed by atoms with Crippen LogP contribution in [0.1, 0.15) is 18.1 Å². The van der Waals surface area contributed by atoms with Crippen molar-refractivity contribution >= 4 is 61.4 Å². The molecule has 0 bridgehead atoms. The number of nitro groups is 1. The Morgan fingerprint density at radius 3 is 1.75 bits per heavy atom. The molecule has 3 aromatic carbocycles. The van der Waals surface area contributed by atoms with Gasteiger partial charge in [0.05, 0.1) is 22.0 Å². The molecule has 0 radical (unpaired) electrons. The van der Waals surface area contributed by atoms with Gasteiger partial charge in [-0.2, -0.15) is 27.1 Å². The molecule has 0 spiro atoms. The molecule has 12 nitrogen and oxygen atoms in total. The molecule has 14 heteroatoms. The summed E-state index contributed by atoms with van der Waals surface area (Å²) in [6.45, 7) is 1.78. The summed E-state index contributed by atoms with van der Waals surface area (Å²) in [4.78, 5) is 12.9. The largest absolute Gasteiger partial charge is 0.295 e. The van der Waals surface area contributed by atoms with E-state index in [0.29, 0.717) is 17.4 Å². The van der Waals surface area contributed by atoms with Gasteiger partial charge in [-0.25, -0.2) is 0 Å². The van der Waals surface area contributed by atoms with Crippen LogP contribution < -0.4 is 0 Å². The average molecular weight is 531 g/mol. The van der Waals surface area contributed by atoms with Crippen LogP contribution in [0.3, 0.4) is 0 Å². The van der Waals surface area contributed by atoms with Gasteiger partial charge in [0.15, 0.2) is 0 Å². The first-order valence-electron chi connectivity index (χ1n) is 9.94. The standard InChI is InChI=1S/C22H18N4O8S2/c1-2-23-17-8-10-18(11-9-17)24-25-19-7-5-15(21(13-19)35(29,30)31)3-4-16-6-12-20(26(27)28)14-22(16)36(32,33)34/h2-14H,1H3,(H,29,30,31)(H,32,33,34). The van der Waals surface area contributed by atoms with Gasteiger partial charge in [-0.05, 0) is 60.5 Å². The minimum atomic E-state index is -4.84. The molecular formula is C22H18N4O8S2. The normalized spacial score (nSPS) is 12.6. The third-order valence-corrected chi connectivity index (χ3v) is 6.43. The van der Waals surface area contributed by atoms with E-state index in [-0.39, 0.29) is 16.8 Å². The molecule has 2 N–H and O–H groups in total. The van der Waals surface area contributed by atoms with Crippen LogP contribution in [0.25, 0.3) is 12.2 Å². The molecule has 0 heterocycles. The Kier molecular flexibility index (Phi) is 7.84. The maximum absolute atomic E-state index is 12.0. The third kappa shape index (κ3) is 6.73. The molecule has 3 aromatic rings. The van der Waals surface area contributed by atoms with Crippen LogP contribution >= 0.6 is 0 Å². The van der Waals surface area contributed by atoms with Crippen molar-refractivity contribution in [2.75, 3.05) is 0 Å². The maximum atomic E-state index is 12.0. The van der Waals surface area contributed by atoms with Crippen LogP contribution in [-0.2, 0) is 20.2 Å². The molecule has 0 aliphatic heterocycles. The lowest BCUT2D eigenvalue weighted by Gasteiger charge is -2.06. The first-order valence-corrected chi connectivity index (χ1v) is 12.8. The maximum Gasteiger partial charge on any atom is 0.295 e. The molecule has 0 aliphatic carbocycles. The molecular weight excluding hydrogens is 512 g/mol. The Balaban J connectivity index is 1.98. The van der Waals surface area contributed by atoms with Crippen LogP contribution in [0.2, 0.25) is 0 Å². The van der Waals surface area contributed by atoms with Crippen molar-refractivity contribution in [1.29, 1.82) is 0 Å². The molecule has 0 aromatic heterocycles. The molecule has 0 fully saturated rings. The predicted octanol–water partition coefficient (Wildman–Crippen LogP) is 5.40. The summed E-state index contributed by atoms with van der Waals surface area (Å²) in [5.41, 5.74) is 0.525. The fourth-order valence-corrected chi connectivity index (χ4v) is 4.40.